The molecule has 0 bridgehead atoms. The van der Waals surface area contributed by atoms with Gasteiger partial charge in [0, 0.05) is 17.3 Å². The second-order valence-electron chi connectivity index (χ2n) is 4.48. The van der Waals surface area contributed by atoms with Gasteiger partial charge in [0.1, 0.15) is 0 Å². The van der Waals surface area contributed by atoms with Crippen LogP contribution in [0.25, 0.3) is 0 Å². The Kier molecular flexibility index (Phi) is 5.25. The van der Waals surface area contributed by atoms with Crippen LogP contribution in [0.5, 0.6) is 0 Å². The molecule has 1 aromatic carbocycles. The van der Waals surface area contributed by atoms with Crippen LogP contribution in [0.4, 0.5) is 5.69 Å². The molecule has 0 saturated heterocycles. The third-order valence-electron chi connectivity index (χ3n) is 2.73. The van der Waals surface area contributed by atoms with Crippen molar-refractivity contribution in [3.05, 3.63) is 21.6 Å². The number of nitrogens with one attached hydrogen (secondary N) is 1. The molecular formula is C11H16BrClN2O3S. The van der Waals surface area contributed by atoms with E-state index in [1.807, 2.05) is 0 Å². The van der Waals surface area contributed by atoms with E-state index in [0.717, 1.165) is 0 Å². The summed E-state index contributed by atoms with van der Waals surface area (Å²) >= 11 is 8.93. The zero-order chi connectivity index (χ0) is 14.8. The average Bonchev–Trinajstić information content (AvgIpc) is 2.31. The van der Waals surface area contributed by atoms with Gasteiger partial charge in [-0.15, -0.1) is 0 Å². The van der Waals surface area contributed by atoms with E-state index in [4.69, 9.17) is 17.3 Å². The van der Waals surface area contributed by atoms with Crippen LogP contribution in [0.15, 0.2) is 21.5 Å². The van der Waals surface area contributed by atoms with E-state index < -0.39 is 15.6 Å². The SMILES string of the molecule is CCC(C)(O)CNS(=O)(=O)c1cc(Cl)cc(N)c1Br. The Balaban J connectivity index is 3.08. The van der Waals surface area contributed by atoms with Crippen molar-refractivity contribution >= 4 is 43.2 Å². The van der Waals surface area contributed by atoms with Gasteiger partial charge in [0.2, 0.25) is 10.0 Å². The van der Waals surface area contributed by atoms with Gasteiger partial charge in [-0.05, 0) is 41.4 Å². The van der Waals surface area contributed by atoms with Crippen molar-refractivity contribution in [2.45, 2.75) is 30.8 Å². The molecule has 5 nitrogen and oxygen atoms in total. The third-order valence-corrected chi connectivity index (χ3v) is 5.52. The molecule has 4 N–H and O–H groups in total. The smallest absolute Gasteiger partial charge is 0.241 e. The Morgan fingerprint density at radius 1 is 1.53 bits per heavy atom. The molecule has 1 atom stereocenters. The lowest BCUT2D eigenvalue weighted by Gasteiger charge is -2.21. The van der Waals surface area contributed by atoms with Gasteiger partial charge in [-0.25, -0.2) is 13.1 Å². The number of sulfonamides is 1. The predicted molar refractivity (Wildman–Crippen MR) is 79.7 cm³/mol. The van der Waals surface area contributed by atoms with Gasteiger partial charge in [0.25, 0.3) is 0 Å². The van der Waals surface area contributed by atoms with Crippen LogP contribution in [0.1, 0.15) is 20.3 Å². The molecule has 1 unspecified atom stereocenters. The van der Waals surface area contributed by atoms with Crippen molar-refractivity contribution < 1.29 is 13.5 Å². The van der Waals surface area contributed by atoms with E-state index in [0.29, 0.717) is 6.42 Å². The summed E-state index contributed by atoms with van der Waals surface area (Å²) in [6, 6.07) is 2.75. The Labute approximate surface area is 126 Å². The quantitative estimate of drug-likeness (QED) is 0.691. The topological polar surface area (TPSA) is 92.4 Å². The standard InChI is InChI=1S/C11H16BrClN2O3S/c1-3-11(2,16)6-15-19(17,18)9-5-7(13)4-8(14)10(9)12/h4-5,15-16H,3,6,14H2,1-2H3. The van der Waals surface area contributed by atoms with Gasteiger partial charge in [-0.1, -0.05) is 18.5 Å². The van der Waals surface area contributed by atoms with Crippen LogP contribution in [-0.4, -0.2) is 25.7 Å². The monoisotopic (exact) mass is 370 g/mol. The number of nitrogens with two attached hydrogens (primary N) is 1. The summed E-state index contributed by atoms with van der Waals surface area (Å²) < 4.78 is 26.9. The Morgan fingerprint density at radius 3 is 2.63 bits per heavy atom. The van der Waals surface area contributed by atoms with Gasteiger partial charge in [0.05, 0.1) is 15.0 Å². The minimum atomic E-state index is -3.80. The third kappa shape index (κ3) is 4.32. The molecule has 0 amide bonds. The zero-order valence-corrected chi connectivity index (χ0v) is 13.7. The Morgan fingerprint density at radius 2 is 2.11 bits per heavy atom. The van der Waals surface area contributed by atoms with Gasteiger partial charge in [0.15, 0.2) is 0 Å². The maximum Gasteiger partial charge on any atom is 0.241 e. The minimum absolute atomic E-state index is 0.0515. The lowest BCUT2D eigenvalue weighted by molar-refractivity contribution is 0.0613. The molecule has 108 valence electrons. The van der Waals surface area contributed by atoms with E-state index in [2.05, 4.69) is 20.7 Å². The van der Waals surface area contributed by atoms with Gasteiger partial charge >= 0.3 is 0 Å². The summed E-state index contributed by atoms with van der Waals surface area (Å²) in [5.74, 6) is 0. The van der Waals surface area contributed by atoms with Crippen molar-refractivity contribution in [2.75, 3.05) is 12.3 Å². The highest BCUT2D eigenvalue weighted by molar-refractivity contribution is 9.10. The number of benzene rings is 1. The van der Waals surface area contributed by atoms with E-state index >= 15 is 0 Å². The highest BCUT2D eigenvalue weighted by Gasteiger charge is 2.24. The molecule has 0 aliphatic carbocycles. The van der Waals surface area contributed by atoms with Crippen LogP contribution < -0.4 is 10.5 Å². The maximum absolute atomic E-state index is 12.2. The first-order valence-corrected chi connectivity index (χ1v) is 8.21. The number of hydrogen-bond donors (Lipinski definition) is 3. The summed E-state index contributed by atoms with van der Waals surface area (Å²) in [5.41, 5.74) is 4.78. The van der Waals surface area contributed by atoms with Crippen molar-refractivity contribution in [3.8, 4) is 0 Å². The van der Waals surface area contributed by atoms with Gasteiger partial charge < -0.3 is 10.8 Å². The summed E-state index contributed by atoms with van der Waals surface area (Å²) in [5, 5.41) is 10.0. The summed E-state index contributed by atoms with van der Waals surface area (Å²) in [7, 11) is -3.80. The first-order valence-electron chi connectivity index (χ1n) is 5.55. The van der Waals surface area contributed by atoms with Crippen LogP contribution in [-0.2, 0) is 10.0 Å². The molecule has 19 heavy (non-hydrogen) atoms. The van der Waals surface area contributed by atoms with Gasteiger partial charge in [-0.3, -0.25) is 0 Å². The van der Waals surface area contributed by atoms with E-state index in [1.54, 1.807) is 13.8 Å². The van der Waals surface area contributed by atoms with Crippen molar-refractivity contribution in [1.82, 2.24) is 4.72 Å². The minimum Gasteiger partial charge on any atom is -0.398 e. The molecule has 1 rings (SSSR count). The zero-order valence-electron chi connectivity index (χ0n) is 10.6. The fourth-order valence-corrected chi connectivity index (χ4v) is 3.69. The molecule has 0 heterocycles. The molecule has 0 aliphatic heterocycles. The number of halogens is 2. The predicted octanol–water partition coefficient (Wildman–Crippen LogP) is 2.12. The molecule has 0 spiro atoms. The molecule has 0 radical (unpaired) electrons. The average molecular weight is 372 g/mol. The highest BCUT2D eigenvalue weighted by atomic mass is 79.9. The van der Waals surface area contributed by atoms with Crippen LogP contribution in [0.2, 0.25) is 5.02 Å². The van der Waals surface area contributed by atoms with Gasteiger partial charge in [-0.2, -0.15) is 0 Å². The number of nitrogen functional groups attached to an aromatic ring is 1. The normalized spacial score (nSPS) is 15.2. The first kappa shape index (κ1) is 16.7. The van der Waals surface area contributed by atoms with E-state index in [-0.39, 0.29) is 26.6 Å². The maximum atomic E-state index is 12.2. The fraction of sp³-hybridized carbons (Fsp3) is 0.455. The first-order chi connectivity index (χ1) is 8.59. The lowest BCUT2D eigenvalue weighted by Crippen LogP contribution is -2.40. The number of rotatable bonds is 5. The lowest BCUT2D eigenvalue weighted by atomic mass is 10.1. The van der Waals surface area contributed by atoms with Crippen LogP contribution in [0.3, 0.4) is 0 Å². The summed E-state index contributed by atoms with van der Waals surface area (Å²) in [6.45, 7) is 3.23. The fourth-order valence-electron chi connectivity index (χ4n) is 1.23. The molecule has 0 aromatic heterocycles. The number of aliphatic hydroxyl groups is 1. The summed E-state index contributed by atoms with van der Waals surface area (Å²) in [6.07, 6.45) is 0.425. The van der Waals surface area contributed by atoms with E-state index in [9.17, 15) is 13.5 Å². The second-order valence-corrected chi connectivity index (χ2v) is 7.45. The molecule has 8 heteroatoms. The van der Waals surface area contributed by atoms with E-state index in [1.165, 1.54) is 12.1 Å². The molecule has 0 aliphatic rings. The Bertz CT molecular complexity index is 576. The molecule has 0 fully saturated rings. The largest absolute Gasteiger partial charge is 0.398 e. The number of anilines is 1. The highest BCUT2D eigenvalue weighted by Crippen LogP contribution is 2.31. The van der Waals surface area contributed by atoms with Crippen LogP contribution >= 0.6 is 27.5 Å². The molecule has 1 aromatic rings. The van der Waals surface area contributed by atoms with Crippen molar-refractivity contribution in [1.29, 1.82) is 0 Å². The van der Waals surface area contributed by atoms with Crippen molar-refractivity contribution in [3.63, 3.8) is 0 Å². The summed E-state index contributed by atoms with van der Waals surface area (Å²) in [4.78, 5) is -0.0515. The molecule has 0 saturated carbocycles. The second kappa shape index (κ2) is 5.97. The molecular weight excluding hydrogens is 356 g/mol. The van der Waals surface area contributed by atoms with Crippen LogP contribution in [0, 0.1) is 0 Å². The number of hydrogen-bond acceptors (Lipinski definition) is 4. The Hall–Kier alpha value is -0.340. The van der Waals surface area contributed by atoms with Crippen molar-refractivity contribution in [2.24, 2.45) is 0 Å².